The van der Waals surface area contributed by atoms with Gasteiger partial charge in [0.2, 0.25) is 5.91 Å². The fraction of sp³-hybridized carbons (Fsp3) is 0.382. The van der Waals surface area contributed by atoms with Crippen LogP contribution in [0.15, 0.2) is 78.9 Å². The van der Waals surface area contributed by atoms with Gasteiger partial charge >= 0.3 is 0 Å². The molecule has 0 spiro atoms. The summed E-state index contributed by atoms with van der Waals surface area (Å²) in [5, 5.41) is 3.34. The van der Waals surface area contributed by atoms with E-state index >= 15 is 0 Å². The largest absolute Gasteiger partial charge is 0.497 e. The molecule has 0 unspecified atom stereocenters. The standard InChI is InChI=1S/C34H41N5O4S/c1-3-43-30-16-12-28(13-17-30)39-33(41)31(24-32(40)35-27-10-14-29(42-2)15-11-27)38(34(39)44)19-7-18-36-20-22-37(23-21-36)25-26-8-5-4-6-9-26/h4-6,8-17,31H,3,7,18-25H2,1-2H3,(H,35,40)/t31-/m1/s1. The number of carbonyl (C=O) groups excluding carboxylic acids is 2. The smallest absolute Gasteiger partial charge is 0.256 e. The average molecular weight is 616 g/mol. The van der Waals surface area contributed by atoms with Crippen molar-refractivity contribution in [3.8, 4) is 11.5 Å². The van der Waals surface area contributed by atoms with Crippen molar-refractivity contribution in [1.29, 1.82) is 0 Å². The van der Waals surface area contributed by atoms with E-state index in [0.717, 1.165) is 51.4 Å². The third-order valence-electron chi connectivity index (χ3n) is 8.06. The molecule has 44 heavy (non-hydrogen) atoms. The van der Waals surface area contributed by atoms with E-state index in [0.29, 0.717) is 35.4 Å². The van der Waals surface area contributed by atoms with Crippen LogP contribution in [0.3, 0.4) is 0 Å². The molecule has 3 aromatic rings. The number of carbonyl (C=O) groups is 2. The summed E-state index contributed by atoms with van der Waals surface area (Å²) < 4.78 is 10.8. The summed E-state index contributed by atoms with van der Waals surface area (Å²) in [7, 11) is 1.60. The SMILES string of the molecule is CCOc1ccc(N2C(=O)[C@@H](CC(=O)Nc3ccc(OC)cc3)N(CCCN3CCN(Cc4ccccc4)CC3)C2=S)cc1. The minimum Gasteiger partial charge on any atom is -0.497 e. The third-order valence-corrected chi connectivity index (χ3v) is 8.48. The van der Waals surface area contributed by atoms with Crippen LogP contribution < -0.4 is 19.7 Å². The number of hydrogen-bond acceptors (Lipinski definition) is 7. The van der Waals surface area contributed by atoms with E-state index in [9.17, 15) is 9.59 Å². The van der Waals surface area contributed by atoms with Crippen molar-refractivity contribution in [2.24, 2.45) is 0 Å². The van der Waals surface area contributed by atoms with Gasteiger partial charge in [0, 0.05) is 45.0 Å². The predicted octanol–water partition coefficient (Wildman–Crippen LogP) is 4.63. The van der Waals surface area contributed by atoms with E-state index in [1.807, 2.05) is 36.1 Å². The summed E-state index contributed by atoms with van der Waals surface area (Å²) in [6.07, 6.45) is 0.830. The van der Waals surface area contributed by atoms with Gasteiger partial charge in [0.1, 0.15) is 17.5 Å². The number of anilines is 2. The van der Waals surface area contributed by atoms with Crippen LogP contribution in [-0.4, -0.2) is 90.7 Å². The summed E-state index contributed by atoms with van der Waals surface area (Å²) in [5.74, 6) is 0.988. The fourth-order valence-corrected chi connectivity index (χ4v) is 6.14. The lowest BCUT2D eigenvalue weighted by Crippen LogP contribution is -2.47. The maximum Gasteiger partial charge on any atom is 0.256 e. The topological polar surface area (TPSA) is 77.6 Å². The van der Waals surface area contributed by atoms with Crippen molar-refractivity contribution < 1.29 is 19.1 Å². The molecule has 0 saturated carbocycles. The molecular weight excluding hydrogens is 574 g/mol. The molecule has 0 aliphatic carbocycles. The first-order valence-electron chi connectivity index (χ1n) is 15.2. The Morgan fingerprint density at radius 1 is 0.886 bits per heavy atom. The molecular formula is C34H41N5O4S. The number of ether oxygens (including phenoxy) is 2. The van der Waals surface area contributed by atoms with Gasteiger partial charge in [0.15, 0.2) is 5.11 Å². The number of rotatable bonds is 13. The molecule has 0 radical (unpaired) electrons. The summed E-state index contributed by atoms with van der Waals surface area (Å²) in [5.41, 5.74) is 2.65. The molecule has 9 nitrogen and oxygen atoms in total. The number of benzene rings is 3. The molecule has 0 bridgehead atoms. The lowest BCUT2D eigenvalue weighted by Gasteiger charge is -2.35. The van der Waals surface area contributed by atoms with Gasteiger partial charge in [-0.25, -0.2) is 0 Å². The van der Waals surface area contributed by atoms with Crippen LogP contribution in [0.2, 0.25) is 0 Å². The Morgan fingerprint density at radius 2 is 1.55 bits per heavy atom. The van der Waals surface area contributed by atoms with E-state index in [2.05, 4.69) is 45.4 Å². The molecule has 2 fully saturated rings. The zero-order chi connectivity index (χ0) is 30.9. The number of nitrogens with one attached hydrogen (secondary N) is 1. The van der Waals surface area contributed by atoms with Crippen LogP contribution in [0.5, 0.6) is 11.5 Å². The first kappa shape index (κ1) is 31.4. The molecule has 10 heteroatoms. The molecule has 1 atom stereocenters. The molecule has 2 aliphatic rings. The van der Waals surface area contributed by atoms with Gasteiger partial charge < -0.3 is 24.6 Å². The van der Waals surface area contributed by atoms with Crippen molar-refractivity contribution in [2.45, 2.75) is 32.4 Å². The number of thiocarbonyl (C=S) groups is 1. The van der Waals surface area contributed by atoms with Gasteiger partial charge in [-0.05, 0) is 86.2 Å². The Morgan fingerprint density at radius 3 is 2.20 bits per heavy atom. The summed E-state index contributed by atoms with van der Waals surface area (Å²) >= 11 is 5.87. The van der Waals surface area contributed by atoms with E-state index in [4.69, 9.17) is 21.7 Å². The van der Waals surface area contributed by atoms with E-state index in [1.54, 1.807) is 36.3 Å². The summed E-state index contributed by atoms with van der Waals surface area (Å²) in [6.45, 7) is 9.00. The van der Waals surface area contributed by atoms with Gasteiger partial charge in [-0.1, -0.05) is 30.3 Å². The Bertz CT molecular complexity index is 1400. The second-order valence-corrected chi connectivity index (χ2v) is 11.4. The summed E-state index contributed by atoms with van der Waals surface area (Å²) in [4.78, 5) is 35.4. The van der Waals surface area contributed by atoms with Gasteiger partial charge in [0.05, 0.1) is 25.8 Å². The van der Waals surface area contributed by atoms with E-state index in [1.165, 1.54) is 5.56 Å². The van der Waals surface area contributed by atoms with Gasteiger partial charge in [-0.2, -0.15) is 0 Å². The van der Waals surface area contributed by atoms with Crippen LogP contribution in [0.1, 0.15) is 25.3 Å². The second-order valence-electron chi connectivity index (χ2n) is 11.0. The van der Waals surface area contributed by atoms with Crippen LogP contribution in [0.4, 0.5) is 11.4 Å². The summed E-state index contributed by atoms with van der Waals surface area (Å²) in [6, 6.07) is 24.4. The quantitative estimate of drug-likeness (QED) is 0.279. The molecule has 2 aliphatic heterocycles. The molecule has 5 rings (SSSR count). The van der Waals surface area contributed by atoms with Crippen LogP contribution in [0, 0.1) is 0 Å². The molecule has 3 aromatic carbocycles. The second kappa shape index (κ2) is 15.1. The molecule has 2 amide bonds. The van der Waals surface area contributed by atoms with E-state index < -0.39 is 6.04 Å². The van der Waals surface area contributed by atoms with Gasteiger partial charge in [0.25, 0.3) is 5.91 Å². The predicted molar refractivity (Wildman–Crippen MR) is 177 cm³/mol. The van der Waals surface area contributed by atoms with Gasteiger partial charge in [-0.3, -0.25) is 19.4 Å². The molecule has 1 N–H and O–H groups in total. The average Bonchev–Trinajstić information content (AvgIpc) is 3.27. The number of piperazine rings is 1. The molecule has 0 aromatic heterocycles. The highest BCUT2D eigenvalue weighted by atomic mass is 32.1. The zero-order valence-corrected chi connectivity index (χ0v) is 26.3. The normalized spacial score (nSPS) is 17.6. The third kappa shape index (κ3) is 7.93. The lowest BCUT2D eigenvalue weighted by atomic mass is 10.1. The zero-order valence-electron chi connectivity index (χ0n) is 25.5. The molecule has 2 saturated heterocycles. The minimum absolute atomic E-state index is 0.00328. The minimum atomic E-state index is -0.685. The molecule has 2 heterocycles. The van der Waals surface area contributed by atoms with Crippen molar-refractivity contribution in [1.82, 2.24) is 14.7 Å². The van der Waals surface area contributed by atoms with Crippen molar-refractivity contribution in [3.05, 3.63) is 84.4 Å². The fourth-order valence-electron chi connectivity index (χ4n) is 5.72. The number of amides is 2. The van der Waals surface area contributed by atoms with Crippen molar-refractivity contribution >= 4 is 40.5 Å². The number of nitrogens with zero attached hydrogens (tertiary/aromatic N) is 4. The first-order valence-corrected chi connectivity index (χ1v) is 15.7. The maximum absolute atomic E-state index is 13.8. The Kier molecular flexibility index (Phi) is 10.8. The lowest BCUT2D eigenvalue weighted by molar-refractivity contribution is -0.124. The monoisotopic (exact) mass is 615 g/mol. The van der Waals surface area contributed by atoms with E-state index in [-0.39, 0.29) is 18.2 Å². The van der Waals surface area contributed by atoms with Crippen molar-refractivity contribution in [3.63, 3.8) is 0 Å². The molecule has 232 valence electrons. The first-order chi connectivity index (χ1) is 21.4. The highest BCUT2D eigenvalue weighted by Gasteiger charge is 2.44. The van der Waals surface area contributed by atoms with Crippen LogP contribution >= 0.6 is 12.2 Å². The van der Waals surface area contributed by atoms with Crippen LogP contribution in [0.25, 0.3) is 0 Å². The highest BCUT2D eigenvalue weighted by Crippen LogP contribution is 2.29. The Labute approximate surface area is 265 Å². The Hall–Kier alpha value is -3.99. The van der Waals surface area contributed by atoms with Gasteiger partial charge in [-0.15, -0.1) is 0 Å². The number of methoxy groups -OCH3 is 1. The maximum atomic E-state index is 13.8. The van der Waals surface area contributed by atoms with Crippen molar-refractivity contribution in [2.75, 3.05) is 63.2 Å². The number of hydrogen-bond donors (Lipinski definition) is 1. The highest BCUT2D eigenvalue weighted by molar-refractivity contribution is 7.80. The van der Waals surface area contributed by atoms with Crippen LogP contribution in [-0.2, 0) is 16.1 Å². The Balaban J connectivity index is 1.21.